The summed E-state index contributed by atoms with van der Waals surface area (Å²) in [6.07, 6.45) is 1.36. The van der Waals surface area contributed by atoms with Crippen molar-refractivity contribution in [3.8, 4) is 5.95 Å². The molecule has 0 bridgehead atoms. The number of furan rings is 1. The molecule has 0 saturated heterocycles. The van der Waals surface area contributed by atoms with Crippen molar-refractivity contribution in [2.75, 3.05) is 0 Å². The van der Waals surface area contributed by atoms with Crippen LogP contribution in [-0.2, 0) is 0 Å². The summed E-state index contributed by atoms with van der Waals surface area (Å²) in [7, 11) is 0. The number of fused-ring (bicyclic) bond motifs is 1. The van der Waals surface area contributed by atoms with Crippen LogP contribution in [-0.4, -0.2) is 17.2 Å². The molecule has 0 spiro atoms. The molecule has 104 valence electrons. The van der Waals surface area contributed by atoms with Crippen molar-refractivity contribution in [1.82, 2.24) is 5.43 Å². The van der Waals surface area contributed by atoms with Crippen LogP contribution < -0.4 is 5.43 Å². The van der Waals surface area contributed by atoms with Crippen LogP contribution in [0.3, 0.4) is 0 Å². The predicted octanol–water partition coefficient (Wildman–Crippen LogP) is 2.90. The highest BCUT2D eigenvalue weighted by Crippen LogP contribution is 2.29. The molecule has 0 fully saturated rings. The minimum Gasteiger partial charge on any atom is -0.480 e. The summed E-state index contributed by atoms with van der Waals surface area (Å²) in [4.78, 5) is 11.8. The van der Waals surface area contributed by atoms with Crippen LogP contribution in [0.1, 0.15) is 16.1 Å². The number of amides is 1. The lowest BCUT2D eigenvalue weighted by molar-refractivity contribution is 0.0955. The van der Waals surface area contributed by atoms with Crippen molar-refractivity contribution in [1.29, 1.82) is 0 Å². The molecule has 21 heavy (non-hydrogen) atoms. The summed E-state index contributed by atoms with van der Waals surface area (Å²) < 4.78 is 5.21. The molecule has 0 atom stereocenters. The van der Waals surface area contributed by atoms with Crippen molar-refractivity contribution < 1.29 is 14.3 Å². The van der Waals surface area contributed by atoms with E-state index in [1.54, 1.807) is 42.5 Å². The van der Waals surface area contributed by atoms with Gasteiger partial charge >= 0.3 is 0 Å². The van der Waals surface area contributed by atoms with Gasteiger partial charge < -0.3 is 9.52 Å². The van der Waals surface area contributed by atoms with Gasteiger partial charge in [-0.05, 0) is 18.2 Å². The monoisotopic (exact) mass is 280 g/mol. The molecule has 3 rings (SSSR count). The normalized spacial score (nSPS) is 11.0. The highest BCUT2D eigenvalue weighted by Gasteiger charge is 2.10. The van der Waals surface area contributed by atoms with Gasteiger partial charge in [-0.2, -0.15) is 5.10 Å². The van der Waals surface area contributed by atoms with Gasteiger partial charge in [0.25, 0.3) is 11.9 Å². The summed E-state index contributed by atoms with van der Waals surface area (Å²) in [5.41, 5.74) is 2.93. The van der Waals surface area contributed by atoms with E-state index in [1.165, 1.54) is 6.21 Å². The number of nitrogens with one attached hydrogen (secondary N) is 1. The topological polar surface area (TPSA) is 74.8 Å². The van der Waals surface area contributed by atoms with Crippen molar-refractivity contribution in [2.24, 2.45) is 5.10 Å². The summed E-state index contributed by atoms with van der Waals surface area (Å²) in [6, 6.07) is 15.9. The largest absolute Gasteiger partial charge is 0.480 e. The molecule has 2 N–H and O–H groups in total. The van der Waals surface area contributed by atoms with E-state index in [-0.39, 0.29) is 11.9 Å². The van der Waals surface area contributed by atoms with Crippen LogP contribution >= 0.6 is 0 Å². The summed E-state index contributed by atoms with van der Waals surface area (Å²) >= 11 is 0. The maximum absolute atomic E-state index is 11.8. The molecule has 1 amide bonds. The molecule has 5 heteroatoms. The molecule has 0 unspecified atom stereocenters. The molecule has 0 aliphatic rings. The molecule has 2 aromatic carbocycles. The van der Waals surface area contributed by atoms with E-state index in [0.29, 0.717) is 16.7 Å². The second-order valence-electron chi connectivity index (χ2n) is 4.38. The quantitative estimate of drug-likeness (QED) is 0.572. The Morgan fingerprint density at radius 3 is 2.48 bits per heavy atom. The molecular weight excluding hydrogens is 268 g/mol. The Morgan fingerprint density at radius 2 is 1.71 bits per heavy atom. The van der Waals surface area contributed by atoms with Gasteiger partial charge in [0.2, 0.25) is 0 Å². The van der Waals surface area contributed by atoms with E-state index in [4.69, 9.17) is 4.42 Å². The average Bonchev–Trinajstić information content (AvgIpc) is 2.85. The minimum absolute atomic E-state index is 0.165. The fraction of sp³-hybridized carbons (Fsp3) is 0. The maximum Gasteiger partial charge on any atom is 0.290 e. The van der Waals surface area contributed by atoms with Crippen molar-refractivity contribution in [3.05, 3.63) is 65.9 Å². The van der Waals surface area contributed by atoms with Gasteiger partial charge in [-0.1, -0.05) is 36.4 Å². The summed E-state index contributed by atoms with van der Waals surface area (Å²) in [5, 5.41) is 14.8. The molecule has 3 aromatic rings. The van der Waals surface area contributed by atoms with E-state index in [2.05, 4.69) is 10.5 Å². The van der Waals surface area contributed by atoms with Crippen LogP contribution in [0.25, 0.3) is 10.8 Å². The zero-order valence-electron chi connectivity index (χ0n) is 11.0. The highest BCUT2D eigenvalue weighted by molar-refractivity contribution is 6.00. The van der Waals surface area contributed by atoms with Gasteiger partial charge in [-0.25, -0.2) is 5.43 Å². The first kappa shape index (κ1) is 12.9. The smallest absolute Gasteiger partial charge is 0.290 e. The van der Waals surface area contributed by atoms with Crippen molar-refractivity contribution in [2.45, 2.75) is 0 Å². The standard InChI is InChI=1S/C16H12N2O3/c19-15(11-6-2-1-3-7-11)18-17-10-14-12-8-4-5-9-13(12)16(20)21-14/h1-10,20H,(H,18,19). The number of hydrazone groups is 1. The molecule has 0 aliphatic heterocycles. The first-order valence-electron chi connectivity index (χ1n) is 6.34. The number of hydrogen-bond donors (Lipinski definition) is 2. The first-order valence-corrected chi connectivity index (χ1v) is 6.34. The van der Waals surface area contributed by atoms with Crippen LogP contribution in [0, 0.1) is 0 Å². The third kappa shape index (κ3) is 2.62. The SMILES string of the molecule is O=C(NN=Cc1oc(O)c2ccccc12)c1ccccc1. The van der Waals surface area contributed by atoms with Crippen LogP contribution in [0.5, 0.6) is 5.95 Å². The Kier molecular flexibility index (Phi) is 3.39. The van der Waals surface area contributed by atoms with E-state index in [9.17, 15) is 9.90 Å². The lowest BCUT2D eigenvalue weighted by atomic mass is 10.2. The number of carbonyl (C=O) groups is 1. The Balaban J connectivity index is 1.78. The van der Waals surface area contributed by atoms with E-state index >= 15 is 0 Å². The molecule has 1 aromatic heterocycles. The van der Waals surface area contributed by atoms with Gasteiger partial charge in [0.15, 0.2) is 5.76 Å². The van der Waals surface area contributed by atoms with Gasteiger partial charge in [0.1, 0.15) is 0 Å². The Hall–Kier alpha value is -3.08. The second-order valence-corrected chi connectivity index (χ2v) is 4.38. The number of hydrogen-bond acceptors (Lipinski definition) is 4. The lowest BCUT2D eigenvalue weighted by Crippen LogP contribution is -2.17. The fourth-order valence-electron chi connectivity index (χ4n) is 2.00. The van der Waals surface area contributed by atoms with Crippen LogP contribution in [0.4, 0.5) is 0 Å². The van der Waals surface area contributed by atoms with Crippen LogP contribution in [0.15, 0.2) is 64.1 Å². The van der Waals surface area contributed by atoms with Gasteiger partial charge in [-0.3, -0.25) is 4.79 Å². The number of carbonyl (C=O) groups excluding carboxylic acids is 1. The molecule has 0 saturated carbocycles. The second kappa shape index (κ2) is 5.50. The molecule has 1 heterocycles. The van der Waals surface area contributed by atoms with Crippen LogP contribution in [0.2, 0.25) is 0 Å². The minimum atomic E-state index is -0.313. The first-order chi connectivity index (χ1) is 10.3. The average molecular weight is 280 g/mol. The van der Waals surface area contributed by atoms with E-state index < -0.39 is 0 Å². The summed E-state index contributed by atoms with van der Waals surface area (Å²) in [6.45, 7) is 0. The van der Waals surface area contributed by atoms with Gasteiger partial charge in [0.05, 0.1) is 11.6 Å². The lowest BCUT2D eigenvalue weighted by Gasteiger charge is -1.97. The molecule has 0 radical (unpaired) electrons. The fourth-order valence-corrected chi connectivity index (χ4v) is 2.00. The molecule has 5 nitrogen and oxygen atoms in total. The zero-order valence-corrected chi connectivity index (χ0v) is 11.0. The van der Waals surface area contributed by atoms with E-state index in [0.717, 1.165) is 5.39 Å². The third-order valence-electron chi connectivity index (χ3n) is 3.01. The predicted molar refractivity (Wildman–Crippen MR) is 79.4 cm³/mol. The Morgan fingerprint density at radius 1 is 1.05 bits per heavy atom. The molecular formula is C16H12N2O3. The number of rotatable bonds is 3. The highest BCUT2D eigenvalue weighted by atomic mass is 16.5. The van der Waals surface area contributed by atoms with Gasteiger partial charge in [-0.15, -0.1) is 0 Å². The van der Waals surface area contributed by atoms with Crippen molar-refractivity contribution >= 4 is 22.9 Å². The number of aromatic hydroxyl groups is 1. The third-order valence-corrected chi connectivity index (χ3v) is 3.01. The van der Waals surface area contributed by atoms with Crippen molar-refractivity contribution in [3.63, 3.8) is 0 Å². The zero-order chi connectivity index (χ0) is 14.7. The number of benzene rings is 2. The maximum atomic E-state index is 11.8. The van der Waals surface area contributed by atoms with E-state index in [1.807, 2.05) is 12.1 Å². The molecule has 0 aliphatic carbocycles. The Bertz CT molecular complexity index is 807. The Labute approximate surface area is 120 Å². The number of nitrogens with zero attached hydrogens (tertiary/aromatic N) is 1. The van der Waals surface area contributed by atoms with Gasteiger partial charge in [0, 0.05) is 10.9 Å². The summed E-state index contributed by atoms with van der Waals surface area (Å²) in [5.74, 6) is -0.0927.